The Morgan fingerprint density at radius 2 is 1.64 bits per heavy atom. The van der Waals surface area contributed by atoms with Gasteiger partial charge >= 0.3 is 0 Å². The van der Waals surface area contributed by atoms with Crippen molar-refractivity contribution in [3.8, 4) is 11.1 Å². The second-order valence-corrected chi connectivity index (χ2v) is 8.16. The van der Waals surface area contributed by atoms with Crippen LogP contribution in [0.4, 0.5) is 0 Å². The summed E-state index contributed by atoms with van der Waals surface area (Å²) in [4.78, 5) is 0. The van der Waals surface area contributed by atoms with Gasteiger partial charge in [-0.15, -0.1) is 0 Å². The minimum atomic E-state index is 0.238. The SMILES string of the molecule is CC1(C)CC(C)(C)c2c1cc1c(c2-c2ccccc2)CC=C1. The molecule has 0 heterocycles. The van der Waals surface area contributed by atoms with Crippen LogP contribution in [0.1, 0.15) is 56.4 Å². The van der Waals surface area contributed by atoms with Gasteiger partial charge < -0.3 is 0 Å². The van der Waals surface area contributed by atoms with Gasteiger partial charge in [0.15, 0.2) is 0 Å². The van der Waals surface area contributed by atoms with Crippen LogP contribution in [-0.2, 0) is 17.3 Å². The molecule has 0 saturated carbocycles. The van der Waals surface area contributed by atoms with Crippen LogP contribution in [0.15, 0.2) is 42.5 Å². The highest BCUT2D eigenvalue weighted by atomic mass is 14.5. The maximum atomic E-state index is 2.47. The lowest BCUT2D eigenvalue weighted by Gasteiger charge is -2.25. The zero-order chi connectivity index (χ0) is 15.5. The third-order valence-corrected chi connectivity index (χ3v) is 5.44. The van der Waals surface area contributed by atoms with Crippen LogP contribution in [0.25, 0.3) is 17.2 Å². The molecular formula is C22H24. The number of hydrogen-bond donors (Lipinski definition) is 0. The monoisotopic (exact) mass is 288 g/mol. The molecule has 0 heteroatoms. The van der Waals surface area contributed by atoms with Gasteiger partial charge in [0.25, 0.3) is 0 Å². The van der Waals surface area contributed by atoms with E-state index in [4.69, 9.17) is 0 Å². The van der Waals surface area contributed by atoms with Crippen molar-refractivity contribution in [2.24, 2.45) is 0 Å². The third-order valence-electron chi connectivity index (χ3n) is 5.44. The summed E-state index contributed by atoms with van der Waals surface area (Å²) in [6.07, 6.45) is 6.92. The van der Waals surface area contributed by atoms with Crippen LogP contribution in [0, 0.1) is 0 Å². The first-order chi connectivity index (χ1) is 10.4. The molecule has 2 aliphatic rings. The van der Waals surface area contributed by atoms with Crippen molar-refractivity contribution in [3.63, 3.8) is 0 Å². The van der Waals surface area contributed by atoms with E-state index >= 15 is 0 Å². The summed E-state index contributed by atoms with van der Waals surface area (Å²) in [5, 5.41) is 0. The van der Waals surface area contributed by atoms with E-state index in [1.807, 2.05) is 0 Å². The van der Waals surface area contributed by atoms with E-state index in [1.165, 1.54) is 28.7 Å². The van der Waals surface area contributed by atoms with Crippen LogP contribution >= 0.6 is 0 Å². The van der Waals surface area contributed by atoms with Crippen LogP contribution < -0.4 is 0 Å². The van der Waals surface area contributed by atoms with Gasteiger partial charge in [-0.25, -0.2) is 0 Å². The molecule has 112 valence electrons. The molecule has 0 amide bonds. The number of hydrogen-bond acceptors (Lipinski definition) is 0. The van der Waals surface area contributed by atoms with Crippen molar-refractivity contribution in [1.29, 1.82) is 0 Å². The topological polar surface area (TPSA) is 0 Å². The van der Waals surface area contributed by atoms with Crippen LogP contribution in [0.5, 0.6) is 0 Å². The van der Waals surface area contributed by atoms with Crippen molar-refractivity contribution >= 4 is 6.08 Å². The lowest BCUT2D eigenvalue weighted by molar-refractivity contribution is 0.403. The Bertz CT molecular complexity index is 773. The second kappa shape index (κ2) is 4.35. The lowest BCUT2D eigenvalue weighted by Crippen LogP contribution is -2.18. The number of allylic oxidation sites excluding steroid dienone is 1. The molecule has 0 nitrogen and oxygen atoms in total. The zero-order valence-electron chi connectivity index (χ0n) is 14.0. The molecule has 4 rings (SSSR count). The summed E-state index contributed by atoms with van der Waals surface area (Å²) < 4.78 is 0. The zero-order valence-corrected chi connectivity index (χ0v) is 14.0. The second-order valence-electron chi connectivity index (χ2n) is 8.16. The molecule has 0 aliphatic heterocycles. The Kier molecular flexibility index (Phi) is 2.73. The fourth-order valence-corrected chi connectivity index (χ4v) is 4.87. The number of fused-ring (bicyclic) bond motifs is 2. The molecule has 2 aromatic rings. The van der Waals surface area contributed by atoms with Crippen molar-refractivity contribution in [3.05, 3.63) is 64.7 Å². The maximum Gasteiger partial charge on any atom is -0.00819 e. The molecule has 0 spiro atoms. The normalized spacial score (nSPS) is 20.0. The Labute approximate surface area is 133 Å². The third kappa shape index (κ3) is 1.83. The van der Waals surface area contributed by atoms with Gasteiger partial charge in [-0.3, -0.25) is 0 Å². The molecule has 2 aliphatic carbocycles. The van der Waals surface area contributed by atoms with Crippen LogP contribution in [0.2, 0.25) is 0 Å². The van der Waals surface area contributed by atoms with E-state index in [2.05, 4.69) is 76.2 Å². The first-order valence-corrected chi connectivity index (χ1v) is 8.33. The molecule has 2 aromatic carbocycles. The summed E-state index contributed by atoms with van der Waals surface area (Å²) in [5.74, 6) is 0. The summed E-state index contributed by atoms with van der Waals surface area (Å²) >= 11 is 0. The lowest BCUT2D eigenvalue weighted by atomic mass is 9.79. The molecule has 0 fully saturated rings. The molecule has 0 unspecified atom stereocenters. The molecule has 0 N–H and O–H groups in total. The van der Waals surface area contributed by atoms with Crippen LogP contribution in [-0.4, -0.2) is 0 Å². The van der Waals surface area contributed by atoms with Crippen molar-refractivity contribution in [2.75, 3.05) is 0 Å². The van der Waals surface area contributed by atoms with Crippen molar-refractivity contribution in [1.82, 2.24) is 0 Å². The average molecular weight is 288 g/mol. The van der Waals surface area contributed by atoms with Gasteiger partial charge in [0.1, 0.15) is 0 Å². The fraction of sp³-hybridized carbons (Fsp3) is 0.364. The quantitative estimate of drug-likeness (QED) is 0.614. The van der Waals surface area contributed by atoms with E-state index in [0.29, 0.717) is 0 Å². The van der Waals surface area contributed by atoms with Crippen LogP contribution in [0.3, 0.4) is 0 Å². The molecule has 0 atom stereocenters. The first kappa shape index (κ1) is 13.8. The Morgan fingerprint density at radius 3 is 2.36 bits per heavy atom. The number of benzene rings is 2. The maximum absolute atomic E-state index is 2.47. The summed E-state index contributed by atoms with van der Waals surface area (Å²) in [7, 11) is 0. The highest BCUT2D eigenvalue weighted by Gasteiger charge is 2.44. The predicted octanol–water partition coefficient (Wildman–Crippen LogP) is 5.88. The van der Waals surface area contributed by atoms with Gasteiger partial charge in [-0.05, 0) is 57.1 Å². The average Bonchev–Trinajstić information content (AvgIpc) is 2.99. The predicted molar refractivity (Wildman–Crippen MR) is 95.3 cm³/mol. The van der Waals surface area contributed by atoms with E-state index in [0.717, 1.165) is 6.42 Å². The Morgan fingerprint density at radius 1 is 0.909 bits per heavy atom. The molecule has 0 bridgehead atoms. The van der Waals surface area contributed by atoms with E-state index in [1.54, 1.807) is 11.1 Å². The van der Waals surface area contributed by atoms with E-state index in [9.17, 15) is 0 Å². The minimum Gasteiger partial charge on any atom is -0.0795 e. The smallest absolute Gasteiger partial charge is 0.00819 e. The highest BCUT2D eigenvalue weighted by Crippen LogP contribution is 2.54. The summed E-state index contributed by atoms with van der Waals surface area (Å²) in [6, 6.07) is 13.5. The molecule has 0 saturated heterocycles. The molecule has 22 heavy (non-hydrogen) atoms. The molecular weight excluding hydrogens is 264 g/mol. The Balaban J connectivity index is 2.11. The van der Waals surface area contributed by atoms with E-state index < -0.39 is 0 Å². The molecule has 0 radical (unpaired) electrons. The standard InChI is InChI=1S/C22H24/c1-21(2)14-22(3,4)20-18(21)13-16-11-8-12-17(16)19(20)15-9-6-5-7-10-15/h5-11,13H,12,14H2,1-4H3. The summed E-state index contributed by atoms with van der Waals surface area (Å²) in [6.45, 7) is 9.64. The van der Waals surface area contributed by atoms with Gasteiger partial charge in [-0.1, -0.05) is 76.2 Å². The van der Waals surface area contributed by atoms with Crippen molar-refractivity contribution in [2.45, 2.75) is 51.4 Å². The van der Waals surface area contributed by atoms with E-state index in [-0.39, 0.29) is 10.8 Å². The first-order valence-electron chi connectivity index (χ1n) is 8.33. The minimum absolute atomic E-state index is 0.238. The highest BCUT2D eigenvalue weighted by molar-refractivity contribution is 5.82. The summed E-state index contributed by atoms with van der Waals surface area (Å²) in [5.41, 5.74) is 9.49. The fourth-order valence-electron chi connectivity index (χ4n) is 4.87. The van der Waals surface area contributed by atoms with Gasteiger partial charge in [-0.2, -0.15) is 0 Å². The Hall–Kier alpha value is -1.82. The number of rotatable bonds is 1. The van der Waals surface area contributed by atoms with Gasteiger partial charge in [0.05, 0.1) is 0 Å². The van der Waals surface area contributed by atoms with Gasteiger partial charge in [0, 0.05) is 0 Å². The molecule has 0 aromatic heterocycles. The van der Waals surface area contributed by atoms with Gasteiger partial charge in [0.2, 0.25) is 0 Å². The van der Waals surface area contributed by atoms with Crippen molar-refractivity contribution < 1.29 is 0 Å². The largest absolute Gasteiger partial charge is 0.0795 e.